The van der Waals surface area contributed by atoms with Crippen LogP contribution in [-0.2, 0) is 20.7 Å². The largest absolute Gasteiger partial charge is 0.447 e. The van der Waals surface area contributed by atoms with Crippen LogP contribution in [0.25, 0.3) is 0 Å². The number of carbonyl (C=O) groups excluding carboxylic acids is 2. The van der Waals surface area contributed by atoms with Crippen molar-refractivity contribution in [3.8, 4) is 0 Å². The lowest BCUT2D eigenvalue weighted by Crippen LogP contribution is -2.26. The third-order valence-electron chi connectivity index (χ3n) is 4.17. The molecular formula is C23H20ClNO3. The van der Waals surface area contributed by atoms with Gasteiger partial charge in [-0.15, -0.1) is 0 Å². The fourth-order valence-electron chi connectivity index (χ4n) is 2.69. The van der Waals surface area contributed by atoms with Gasteiger partial charge in [-0.1, -0.05) is 71.8 Å². The third kappa shape index (κ3) is 5.44. The Balaban J connectivity index is 1.75. The molecule has 1 unspecified atom stereocenters. The van der Waals surface area contributed by atoms with Crippen molar-refractivity contribution in [3.63, 3.8) is 0 Å². The first-order valence-corrected chi connectivity index (χ1v) is 9.25. The van der Waals surface area contributed by atoms with Crippen molar-refractivity contribution in [1.29, 1.82) is 0 Å². The Kier molecular flexibility index (Phi) is 6.45. The molecule has 5 heteroatoms. The first-order chi connectivity index (χ1) is 13.5. The first-order valence-electron chi connectivity index (χ1n) is 8.87. The Morgan fingerprint density at radius 2 is 1.57 bits per heavy atom. The van der Waals surface area contributed by atoms with Crippen LogP contribution in [0.15, 0.2) is 78.9 Å². The monoisotopic (exact) mass is 393 g/mol. The Morgan fingerprint density at radius 1 is 0.929 bits per heavy atom. The minimum Gasteiger partial charge on any atom is -0.447 e. The minimum atomic E-state index is -1.04. The predicted molar refractivity (Wildman–Crippen MR) is 110 cm³/mol. The van der Waals surface area contributed by atoms with Crippen molar-refractivity contribution in [1.82, 2.24) is 0 Å². The maximum atomic E-state index is 12.8. The number of amides is 1. The SMILES string of the molecule is Cc1ccc(NC(=O)C(OC(=O)Cc2ccc(Cl)cc2)c2ccccc2)cc1. The van der Waals surface area contributed by atoms with Gasteiger partial charge < -0.3 is 10.1 Å². The molecule has 1 N–H and O–H groups in total. The molecule has 1 amide bonds. The lowest BCUT2D eigenvalue weighted by molar-refractivity contribution is -0.154. The van der Waals surface area contributed by atoms with Gasteiger partial charge >= 0.3 is 5.97 Å². The van der Waals surface area contributed by atoms with Gasteiger partial charge in [0.1, 0.15) is 0 Å². The van der Waals surface area contributed by atoms with Gasteiger partial charge in [0.25, 0.3) is 5.91 Å². The van der Waals surface area contributed by atoms with Gasteiger partial charge in [0.05, 0.1) is 6.42 Å². The summed E-state index contributed by atoms with van der Waals surface area (Å²) in [5.41, 5.74) is 3.11. The molecule has 3 aromatic carbocycles. The lowest BCUT2D eigenvalue weighted by Gasteiger charge is -2.18. The van der Waals surface area contributed by atoms with Crippen molar-refractivity contribution in [2.24, 2.45) is 0 Å². The van der Waals surface area contributed by atoms with Gasteiger partial charge in [-0.3, -0.25) is 9.59 Å². The number of carbonyl (C=O) groups is 2. The molecule has 0 aliphatic rings. The fourth-order valence-corrected chi connectivity index (χ4v) is 2.81. The highest BCUT2D eigenvalue weighted by molar-refractivity contribution is 6.30. The van der Waals surface area contributed by atoms with Crippen molar-refractivity contribution >= 4 is 29.2 Å². The number of esters is 1. The number of rotatable bonds is 6. The average Bonchev–Trinajstić information content (AvgIpc) is 2.70. The fraction of sp³-hybridized carbons (Fsp3) is 0.130. The van der Waals surface area contributed by atoms with E-state index in [1.807, 2.05) is 37.3 Å². The van der Waals surface area contributed by atoms with E-state index in [4.69, 9.17) is 16.3 Å². The second-order valence-corrected chi connectivity index (χ2v) is 6.88. The normalized spacial score (nSPS) is 11.5. The molecule has 0 fully saturated rings. The Hall–Kier alpha value is -3.11. The quantitative estimate of drug-likeness (QED) is 0.592. The zero-order valence-electron chi connectivity index (χ0n) is 15.4. The zero-order chi connectivity index (χ0) is 19.9. The number of hydrogen-bond acceptors (Lipinski definition) is 3. The molecule has 1 atom stereocenters. The van der Waals surface area contributed by atoms with Gasteiger partial charge in [0, 0.05) is 16.3 Å². The smallest absolute Gasteiger partial charge is 0.311 e. The molecule has 3 aromatic rings. The summed E-state index contributed by atoms with van der Waals surface area (Å²) in [6, 6.07) is 23.3. The standard InChI is InChI=1S/C23H20ClNO3/c1-16-7-13-20(14-8-16)25-23(27)22(18-5-3-2-4-6-18)28-21(26)15-17-9-11-19(24)12-10-17/h2-14,22H,15H2,1H3,(H,25,27). The highest BCUT2D eigenvalue weighted by Crippen LogP contribution is 2.21. The second kappa shape index (κ2) is 9.20. The summed E-state index contributed by atoms with van der Waals surface area (Å²) in [6.07, 6.45) is -0.986. The van der Waals surface area contributed by atoms with E-state index < -0.39 is 18.0 Å². The van der Waals surface area contributed by atoms with Crippen LogP contribution in [0.1, 0.15) is 22.8 Å². The third-order valence-corrected chi connectivity index (χ3v) is 4.42. The van der Waals surface area contributed by atoms with Gasteiger partial charge in [-0.05, 0) is 36.8 Å². The van der Waals surface area contributed by atoms with Gasteiger partial charge in [-0.25, -0.2) is 0 Å². The maximum absolute atomic E-state index is 12.8. The van der Waals surface area contributed by atoms with Crippen molar-refractivity contribution in [2.75, 3.05) is 5.32 Å². The van der Waals surface area contributed by atoms with E-state index in [1.54, 1.807) is 48.5 Å². The summed E-state index contributed by atoms with van der Waals surface area (Å²) in [7, 11) is 0. The van der Waals surface area contributed by atoms with Crippen LogP contribution in [0.5, 0.6) is 0 Å². The molecule has 0 saturated carbocycles. The van der Waals surface area contributed by atoms with Crippen LogP contribution in [0.2, 0.25) is 5.02 Å². The van der Waals surface area contributed by atoms with Crippen molar-refractivity contribution < 1.29 is 14.3 Å². The number of hydrogen-bond donors (Lipinski definition) is 1. The minimum absolute atomic E-state index is 0.0539. The average molecular weight is 394 g/mol. The Bertz CT molecular complexity index is 938. The number of halogens is 1. The topological polar surface area (TPSA) is 55.4 Å². The molecule has 0 aliphatic carbocycles. The molecule has 0 radical (unpaired) electrons. The van der Waals surface area contributed by atoms with Crippen LogP contribution >= 0.6 is 11.6 Å². The number of ether oxygens (including phenoxy) is 1. The highest BCUT2D eigenvalue weighted by atomic mass is 35.5. The zero-order valence-corrected chi connectivity index (χ0v) is 16.1. The van der Waals surface area contributed by atoms with E-state index in [2.05, 4.69) is 5.32 Å². The molecule has 4 nitrogen and oxygen atoms in total. The van der Waals surface area contributed by atoms with E-state index in [1.165, 1.54) is 0 Å². The molecule has 0 aliphatic heterocycles. The predicted octanol–water partition coefficient (Wildman–Crippen LogP) is 5.11. The molecule has 0 saturated heterocycles. The number of aryl methyl sites for hydroxylation is 1. The van der Waals surface area contributed by atoms with E-state index in [-0.39, 0.29) is 6.42 Å². The summed E-state index contributed by atoms with van der Waals surface area (Å²) < 4.78 is 5.54. The van der Waals surface area contributed by atoms with E-state index >= 15 is 0 Å². The molecular weight excluding hydrogens is 374 g/mol. The van der Waals surface area contributed by atoms with Crippen LogP contribution in [-0.4, -0.2) is 11.9 Å². The van der Waals surface area contributed by atoms with Gasteiger partial charge in [-0.2, -0.15) is 0 Å². The molecule has 28 heavy (non-hydrogen) atoms. The van der Waals surface area contributed by atoms with Crippen molar-refractivity contribution in [2.45, 2.75) is 19.4 Å². The van der Waals surface area contributed by atoms with E-state index in [0.717, 1.165) is 11.1 Å². The molecule has 3 rings (SSSR count). The summed E-state index contributed by atoms with van der Waals surface area (Å²) in [4.78, 5) is 25.3. The summed E-state index contributed by atoms with van der Waals surface area (Å²) >= 11 is 5.87. The Morgan fingerprint density at radius 3 is 2.21 bits per heavy atom. The van der Waals surface area contributed by atoms with Crippen LogP contribution in [0.4, 0.5) is 5.69 Å². The van der Waals surface area contributed by atoms with Gasteiger partial charge in [0.15, 0.2) is 0 Å². The maximum Gasteiger partial charge on any atom is 0.311 e. The van der Waals surface area contributed by atoms with Crippen LogP contribution < -0.4 is 5.32 Å². The van der Waals surface area contributed by atoms with E-state index in [0.29, 0.717) is 16.3 Å². The first kappa shape index (κ1) is 19.6. The number of anilines is 1. The summed E-state index contributed by atoms with van der Waals surface area (Å²) in [6.45, 7) is 1.97. The molecule has 0 aromatic heterocycles. The number of nitrogens with one attached hydrogen (secondary N) is 1. The second-order valence-electron chi connectivity index (χ2n) is 6.44. The molecule has 0 bridgehead atoms. The summed E-state index contributed by atoms with van der Waals surface area (Å²) in [5, 5.41) is 3.41. The molecule has 0 spiro atoms. The lowest BCUT2D eigenvalue weighted by atomic mass is 10.1. The molecule has 0 heterocycles. The van der Waals surface area contributed by atoms with Gasteiger partial charge in [0.2, 0.25) is 6.10 Å². The Labute approximate surface area is 169 Å². The number of benzene rings is 3. The van der Waals surface area contributed by atoms with Crippen LogP contribution in [0, 0.1) is 6.92 Å². The molecule has 142 valence electrons. The highest BCUT2D eigenvalue weighted by Gasteiger charge is 2.25. The van der Waals surface area contributed by atoms with E-state index in [9.17, 15) is 9.59 Å². The van der Waals surface area contributed by atoms with Crippen LogP contribution in [0.3, 0.4) is 0 Å². The van der Waals surface area contributed by atoms with Crippen molar-refractivity contribution in [3.05, 3.63) is 101 Å². The summed E-state index contributed by atoms with van der Waals surface area (Å²) in [5.74, 6) is -0.894.